The fourth-order valence-electron chi connectivity index (χ4n) is 4.34. The molecule has 0 bridgehead atoms. The molecule has 3 atom stereocenters. The minimum atomic E-state index is -0.517. The number of unbranched alkanes of at least 4 members (excludes halogenated alkanes) is 9. The minimum absolute atomic E-state index is 0.174. The summed E-state index contributed by atoms with van der Waals surface area (Å²) in [7, 11) is 0. The SMILES string of the molecule is CC(=O)CCCCCCCCCCCCC1CCC(O)C(C)N1C(=O)OC(C)(C)C. The second kappa shape index (κ2) is 14.1. The van der Waals surface area contributed by atoms with Crippen LogP contribution in [0, 0.1) is 0 Å². The third kappa shape index (κ3) is 11.3. The van der Waals surface area contributed by atoms with E-state index in [1.165, 1.54) is 51.4 Å². The monoisotopic (exact) mass is 425 g/mol. The Morgan fingerprint density at radius 2 is 1.40 bits per heavy atom. The number of amides is 1. The van der Waals surface area contributed by atoms with E-state index in [-0.39, 0.29) is 18.2 Å². The molecule has 0 aromatic carbocycles. The van der Waals surface area contributed by atoms with Gasteiger partial charge in [-0.2, -0.15) is 0 Å². The van der Waals surface area contributed by atoms with Crippen LogP contribution < -0.4 is 0 Å². The Balaban J connectivity index is 2.19. The number of hydrogen-bond donors (Lipinski definition) is 1. The molecule has 0 aromatic heterocycles. The lowest BCUT2D eigenvalue weighted by Gasteiger charge is -2.43. The van der Waals surface area contributed by atoms with E-state index in [1.54, 1.807) is 11.8 Å². The Hall–Kier alpha value is -1.10. The highest BCUT2D eigenvalue weighted by molar-refractivity contribution is 5.75. The van der Waals surface area contributed by atoms with Crippen LogP contribution in [0.1, 0.15) is 125 Å². The Labute approximate surface area is 184 Å². The number of rotatable bonds is 13. The number of ether oxygens (including phenoxy) is 1. The third-order valence-corrected chi connectivity index (χ3v) is 6.11. The van der Waals surface area contributed by atoms with Crippen molar-refractivity contribution in [2.45, 2.75) is 148 Å². The number of nitrogens with zero attached hydrogens (tertiary/aromatic N) is 1. The van der Waals surface area contributed by atoms with Crippen molar-refractivity contribution in [1.82, 2.24) is 4.90 Å². The largest absolute Gasteiger partial charge is 0.444 e. The molecule has 1 aliphatic heterocycles. The van der Waals surface area contributed by atoms with E-state index in [4.69, 9.17) is 4.74 Å². The predicted octanol–water partition coefficient (Wildman–Crippen LogP) is 6.41. The van der Waals surface area contributed by atoms with Crippen LogP contribution in [-0.2, 0) is 9.53 Å². The van der Waals surface area contributed by atoms with E-state index in [1.807, 2.05) is 27.7 Å². The molecule has 1 fully saturated rings. The van der Waals surface area contributed by atoms with Crippen LogP contribution in [0.4, 0.5) is 4.79 Å². The van der Waals surface area contributed by atoms with Crippen LogP contribution in [0.25, 0.3) is 0 Å². The van der Waals surface area contributed by atoms with Crippen LogP contribution in [0.3, 0.4) is 0 Å². The van der Waals surface area contributed by atoms with Gasteiger partial charge in [-0.3, -0.25) is 4.90 Å². The topological polar surface area (TPSA) is 66.8 Å². The number of hydrogen-bond acceptors (Lipinski definition) is 4. The maximum Gasteiger partial charge on any atom is 0.410 e. The summed E-state index contributed by atoms with van der Waals surface area (Å²) in [6.07, 6.45) is 14.8. The summed E-state index contributed by atoms with van der Waals surface area (Å²) in [5.41, 5.74) is -0.517. The number of ketones is 1. The van der Waals surface area contributed by atoms with E-state index < -0.39 is 11.7 Å². The number of likely N-dealkylation sites (tertiary alicyclic amines) is 1. The van der Waals surface area contributed by atoms with Gasteiger partial charge in [0.05, 0.1) is 12.1 Å². The van der Waals surface area contributed by atoms with Gasteiger partial charge in [-0.15, -0.1) is 0 Å². The molecule has 1 rings (SSSR count). The Morgan fingerprint density at radius 3 is 1.90 bits per heavy atom. The summed E-state index contributed by atoms with van der Waals surface area (Å²) in [6.45, 7) is 9.26. The second-order valence-electron chi connectivity index (χ2n) is 10.2. The van der Waals surface area contributed by atoms with Crippen molar-refractivity contribution in [1.29, 1.82) is 0 Å². The number of Topliss-reactive ketones (excluding diaryl/α,β-unsaturated/α-hetero) is 1. The van der Waals surface area contributed by atoms with Gasteiger partial charge >= 0.3 is 6.09 Å². The standard InChI is InChI=1S/C25H47NO4/c1-20(27)16-14-12-10-8-6-7-9-11-13-15-17-22-18-19-23(28)21(2)26(22)24(29)30-25(3,4)5/h21-23,28H,6-19H2,1-5H3. The van der Waals surface area contributed by atoms with E-state index in [2.05, 4.69) is 0 Å². The summed E-state index contributed by atoms with van der Waals surface area (Å²) in [6, 6.07) is -0.0118. The minimum Gasteiger partial charge on any atom is -0.444 e. The van der Waals surface area contributed by atoms with Gasteiger partial charge in [-0.25, -0.2) is 4.79 Å². The molecule has 0 aromatic rings. The number of aliphatic hydroxyl groups excluding tert-OH is 1. The van der Waals surface area contributed by atoms with Gasteiger partial charge in [0.2, 0.25) is 0 Å². The van der Waals surface area contributed by atoms with E-state index in [9.17, 15) is 14.7 Å². The fraction of sp³-hybridized carbons (Fsp3) is 0.920. The van der Waals surface area contributed by atoms with Crippen molar-refractivity contribution < 1.29 is 19.4 Å². The number of aliphatic hydroxyl groups is 1. The van der Waals surface area contributed by atoms with Crippen molar-refractivity contribution in [3.63, 3.8) is 0 Å². The number of piperidine rings is 1. The van der Waals surface area contributed by atoms with Crippen LogP contribution in [0.5, 0.6) is 0 Å². The van der Waals surface area contributed by atoms with Gasteiger partial charge in [0.15, 0.2) is 0 Å². The lowest BCUT2D eigenvalue weighted by atomic mass is 9.91. The summed E-state index contributed by atoms with van der Waals surface area (Å²) >= 11 is 0. The molecule has 1 saturated heterocycles. The van der Waals surface area contributed by atoms with Gasteiger partial charge < -0.3 is 14.6 Å². The molecule has 0 aliphatic carbocycles. The molecular weight excluding hydrogens is 378 g/mol. The first kappa shape index (κ1) is 26.9. The summed E-state index contributed by atoms with van der Waals surface area (Å²) in [5.74, 6) is 0.308. The zero-order chi connectivity index (χ0) is 22.6. The van der Waals surface area contributed by atoms with Gasteiger partial charge in [-0.1, -0.05) is 57.8 Å². The van der Waals surface area contributed by atoms with Crippen LogP contribution in [0.2, 0.25) is 0 Å². The normalized spacial score (nSPS) is 22.2. The first-order valence-corrected chi connectivity index (χ1v) is 12.3. The van der Waals surface area contributed by atoms with Crippen LogP contribution in [0.15, 0.2) is 0 Å². The molecule has 1 heterocycles. The third-order valence-electron chi connectivity index (χ3n) is 6.11. The maximum atomic E-state index is 12.7. The number of carbonyl (C=O) groups is 2. The highest BCUT2D eigenvalue weighted by atomic mass is 16.6. The molecule has 1 amide bonds. The first-order valence-electron chi connectivity index (χ1n) is 12.3. The van der Waals surface area contributed by atoms with Crippen LogP contribution >= 0.6 is 0 Å². The molecule has 1 N–H and O–H groups in total. The fourth-order valence-corrected chi connectivity index (χ4v) is 4.34. The molecule has 1 aliphatic rings. The summed E-state index contributed by atoms with van der Waals surface area (Å²) in [4.78, 5) is 25.4. The van der Waals surface area contributed by atoms with Gasteiger partial charge in [0.1, 0.15) is 11.4 Å². The first-order chi connectivity index (χ1) is 14.1. The van der Waals surface area contributed by atoms with Gasteiger partial charge in [0.25, 0.3) is 0 Å². The molecule has 30 heavy (non-hydrogen) atoms. The quantitative estimate of drug-likeness (QED) is 0.346. The number of carbonyl (C=O) groups excluding carboxylic acids is 2. The Morgan fingerprint density at radius 1 is 0.900 bits per heavy atom. The Kier molecular flexibility index (Phi) is 12.6. The highest BCUT2D eigenvalue weighted by Crippen LogP contribution is 2.29. The maximum absolute atomic E-state index is 12.7. The zero-order valence-corrected chi connectivity index (χ0v) is 20.3. The van der Waals surface area contributed by atoms with Crippen molar-refractivity contribution >= 4 is 11.9 Å². The van der Waals surface area contributed by atoms with E-state index in [0.717, 1.165) is 38.5 Å². The molecule has 3 unspecified atom stereocenters. The Bertz CT molecular complexity index is 500. The average Bonchev–Trinajstić information content (AvgIpc) is 2.63. The molecular formula is C25H47NO4. The summed E-state index contributed by atoms with van der Waals surface area (Å²) < 4.78 is 5.60. The van der Waals surface area contributed by atoms with Crippen LogP contribution in [-0.4, -0.2) is 45.7 Å². The smallest absolute Gasteiger partial charge is 0.410 e. The van der Waals surface area contributed by atoms with E-state index in [0.29, 0.717) is 5.78 Å². The van der Waals surface area contributed by atoms with Crippen molar-refractivity contribution in [2.24, 2.45) is 0 Å². The predicted molar refractivity (Wildman–Crippen MR) is 123 cm³/mol. The highest BCUT2D eigenvalue weighted by Gasteiger charge is 2.38. The molecule has 5 nitrogen and oxygen atoms in total. The lowest BCUT2D eigenvalue weighted by Crippen LogP contribution is -2.55. The molecule has 0 saturated carbocycles. The van der Waals surface area contributed by atoms with Crippen molar-refractivity contribution in [3.8, 4) is 0 Å². The molecule has 0 radical (unpaired) electrons. The van der Waals surface area contributed by atoms with Gasteiger partial charge in [-0.05, 0) is 60.3 Å². The zero-order valence-electron chi connectivity index (χ0n) is 20.3. The average molecular weight is 426 g/mol. The summed E-state index contributed by atoms with van der Waals surface area (Å²) in [5, 5.41) is 10.2. The van der Waals surface area contributed by atoms with Gasteiger partial charge in [0, 0.05) is 12.5 Å². The molecule has 5 heteroatoms. The second-order valence-corrected chi connectivity index (χ2v) is 10.2. The van der Waals surface area contributed by atoms with Crippen molar-refractivity contribution in [3.05, 3.63) is 0 Å². The lowest BCUT2D eigenvalue weighted by molar-refractivity contribution is -0.117. The van der Waals surface area contributed by atoms with Crippen molar-refractivity contribution in [2.75, 3.05) is 0 Å². The van der Waals surface area contributed by atoms with E-state index >= 15 is 0 Å². The molecule has 176 valence electrons. The molecule has 0 spiro atoms.